The van der Waals surface area contributed by atoms with Crippen molar-refractivity contribution in [3.63, 3.8) is 0 Å². The van der Waals surface area contributed by atoms with Gasteiger partial charge in [-0.15, -0.1) is 0 Å². The first kappa shape index (κ1) is 7.35. The van der Waals surface area contributed by atoms with Crippen LogP contribution in [0, 0.1) is 11.8 Å². The minimum absolute atomic E-state index is 0.457. The summed E-state index contributed by atoms with van der Waals surface area (Å²) in [5, 5.41) is 0. The van der Waals surface area contributed by atoms with Gasteiger partial charge in [0.1, 0.15) is 0 Å². The monoisotopic (exact) mass is 152 g/mol. The predicted octanol–water partition coefficient (Wildman–Crippen LogP) is 2.38. The zero-order valence-corrected chi connectivity index (χ0v) is 7.34. The highest BCUT2D eigenvalue weighted by Gasteiger charge is 2.34. The third-order valence-electron chi connectivity index (χ3n) is 3.03. The molecule has 1 aliphatic carbocycles. The van der Waals surface area contributed by atoms with Crippen LogP contribution < -0.4 is 0 Å². The maximum Gasteiger partial charge on any atom is 0.0790 e. The van der Waals surface area contributed by atoms with Crippen LogP contribution in [0.15, 0.2) is 11.6 Å². The topological polar surface area (TPSA) is 9.23 Å². The molecule has 62 valence electrons. The van der Waals surface area contributed by atoms with Gasteiger partial charge >= 0.3 is 0 Å². The van der Waals surface area contributed by atoms with E-state index in [-0.39, 0.29) is 0 Å². The van der Waals surface area contributed by atoms with Crippen LogP contribution in [0.3, 0.4) is 0 Å². The zero-order chi connectivity index (χ0) is 7.84. The molecule has 2 aliphatic rings. The van der Waals surface area contributed by atoms with Crippen molar-refractivity contribution in [1.29, 1.82) is 0 Å². The largest absolute Gasteiger partial charge is 0.374 e. The molecule has 1 heteroatoms. The Balaban J connectivity index is 2.14. The molecule has 1 heterocycles. The molecule has 1 aliphatic heterocycles. The maximum atomic E-state index is 5.66. The molecule has 1 fully saturated rings. The highest BCUT2D eigenvalue weighted by molar-refractivity contribution is 5.10. The molecule has 0 N–H and O–H groups in total. The van der Waals surface area contributed by atoms with Gasteiger partial charge in [-0.05, 0) is 31.6 Å². The number of ether oxygens (including phenoxy) is 1. The van der Waals surface area contributed by atoms with Crippen LogP contribution in [0.5, 0.6) is 0 Å². The van der Waals surface area contributed by atoms with Crippen molar-refractivity contribution in [2.75, 3.05) is 6.61 Å². The van der Waals surface area contributed by atoms with Crippen molar-refractivity contribution in [2.45, 2.75) is 32.8 Å². The minimum Gasteiger partial charge on any atom is -0.374 e. The smallest absolute Gasteiger partial charge is 0.0790 e. The standard InChI is InChI=1S/C10H16O/c1-7-3-4-9-8(2)6-11-10(9)5-7/h5,8-10H,3-4,6H2,1-2H3. The maximum absolute atomic E-state index is 5.66. The second-order valence-corrected chi connectivity index (χ2v) is 3.99. The second-order valence-electron chi connectivity index (χ2n) is 3.99. The molecule has 2 rings (SSSR count). The second kappa shape index (κ2) is 2.63. The summed E-state index contributed by atoms with van der Waals surface area (Å²) in [5.41, 5.74) is 1.51. The highest BCUT2D eigenvalue weighted by atomic mass is 16.5. The number of hydrogen-bond acceptors (Lipinski definition) is 1. The quantitative estimate of drug-likeness (QED) is 0.484. The van der Waals surface area contributed by atoms with Crippen LogP contribution in [0.25, 0.3) is 0 Å². The molecular formula is C10H16O. The Morgan fingerprint density at radius 2 is 2.36 bits per heavy atom. The van der Waals surface area contributed by atoms with Crippen LogP contribution in [0.2, 0.25) is 0 Å². The highest BCUT2D eigenvalue weighted by Crippen LogP contribution is 2.36. The summed E-state index contributed by atoms with van der Waals surface area (Å²) < 4.78 is 5.66. The Morgan fingerprint density at radius 3 is 3.18 bits per heavy atom. The van der Waals surface area contributed by atoms with Gasteiger partial charge in [-0.2, -0.15) is 0 Å². The lowest BCUT2D eigenvalue weighted by molar-refractivity contribution is 0.120. The number of allylic oxidation sites excluding steroid dienone is 1. The number of fused-ring (bicyclic) bond motifs is 1. The normalized spacial score (nSPS) is 43.5. The molecule has 0 aromatic carbocycles. The van der Waals surface area contributed by atoms with Crippen LogP contribution in [0.4, 0.5) is 0 Å². The summed E-state index contributed by atoms with van der Waals surface area (Å²) in [6, 6.07) is 0. The van der Waals surface area contributed by atoms with Gasteiger partial charge in [0.15, 0.2) is 0 Å². The van der Waals surface area contributed by atoms with E-state index in [4.69, 9.17) is 4.74 Å². The van der Waals surface area contributed by atoms with Gasteiger partial charge in [-0.1, -0.05) is 18.6 Å². The van der Waals surface area contributed by atoms with Crippen molar-refractivity contribution in [2.24, 2.45) is 11.8 Å². The van der Waals surface area contributed by atoms with Gasteiger partial charge in [0, 0.05) is 0 Å². The van der Waals surface area contributed by atoms with E-state index in [1.54, 1.807) is 0 Å². The van der Waals surface area contributed by atoms with Gasteiger partial charge in [0.2, 0.25) is 0 Å². The van der Waals surface area contributed by atoms with E-state index in [1.807, 2.05) is 0 Å². The van der Waals surface area contributed by atoms with Crippen LogP contribution in [0.1, 0.15) is 26.7 Å². The first-order chi connectivity index (χ1) is 5.27. The van der Waals surface area contributed by atoms with E-state index in [1.165, 1.54) is 18.4 Å². The number of rotatable bonds is 0. The Labute approximate surface area is 68.4 Å². The molecule has 0 aromatic heterocycles. The molecule has 0 saturated carbocycles. The summed E-state index contributed by atoms with van der Waals surface area (Å²) in [6.07, 6.45) is 5.40. The molecule has 0 spiro atoms. The molecule has 1 nitrogen and oxygen atoms in total. The molecule has 0 amide bonds. The Bertz CT molecular complexity index is 183. The Hall–Kier alpha value is -0.300. The summed E-state index contributed by atoms with van der Waals surface area (Å²) >= 11 is 0. The van der Waals surface area contributed by atoms with E-state index in [0.29, 0.717) is 6.10 Å². The average Bonchev–Trinajstić information content (AvgIpc) is 2.32. The van der Waals surface area contributed by atoms with Crippen molar-refractivity contribution in [3.8, 4) is 0 Å². The van der Waals surface area contributed by atoms with Crippen molar-refractivity contribution < 1.29 is 4.74 Å². The Morgan fingerprint density at radius 1 is 1.55 bits per heavy atom. The van der Waals surface area contributed by atoms with E-state index in [0.717, 1.165) is 18.4 Å². The van der Waals surface area contributed by atoms with Gasteiger partial charge in [0.25, 0.3) is 0 Å². The first-order valence-electron chi connectivity index (χ1n) is 4.56. The number of hydrogen-bond donors (Lipinski definition) is 0. The minimum atomic E-state index is 0.457. The van der Waals surface area contributed by atoms with Crippen LogP contribution >= 0.6 is 0 Å². The van der Waals surface area contributed by atoms with Crippen molar-refractivity contribution in [3.05, 3.63) is 11.6 Å². The van der Waals surface area contributed by atoms with E-state index >= 15 is 0 Å². The molecular weight excluding hydrogens is 136 g/mol. The van der Waals surface area contributed by atoms with Crippen molar-refractivity contribution >= 4 is 0 Å². The molecule has 1 saturated heterocycles. The lowest BCUT2D eigenvalue weighted by Crippen LogP contribution is -2.20. The van der Waals surface area contributed by atoms with Gasteiger partial charge < -0.3 is 4.74 Å². The van der Waals surface area contributed by atoms with Crippen molar-refractivity contribution in [1.82, 2.24) is 0 Å². The fourth-order valence-electron chi connectivity index (χ4n) is 2.21. The van der Waals surface area contributed by atoms with E-state index in [9.17, 15) is 0 Å². The third kappa shape index (κ3) is 1.22. The molecule has 11 heavy (non-hydrogen) atoms. The summed E-state index contributed by atoms with van der Waals surface area (Å²) in [7, 11) is 0. The fraction of sp³-hybridized carbons (Fsp3) is 0.800. The van der Waals surface area contributed by atoms with Crippen LogP contribution in [-0.4, -0.2) is 12.7 Å². The summed E-state index contributed by atoms with van der Waals surface area (Å²) in [5.74, 6) is 1.60. The van der Waals surface area contributed by atoms with E-state index in [2.05, 4.69) is 19.9 Å². The average molecular weight is 152 g/mol. The lowest BCUT2D eigenvalue weighted by atomic mass is 9.82. The molecule has 0 aromatic rings. The molecule has 3 atom stereocenters. The Kier molecular flexibility index (Phi) is 1.76. The zero-order valence-electron chi connectivity index (χ0n) is 7.34. The lowest BCUT2D eigenvalue weighted by Gasteiger charge is -2.23. The van der Waals surface area contributed by atoms with E-state index < -0.39 is 0 Å². The van der Waals surface area contributed by atoms with Gasteiger partial charge in [-0.3, -0.25) is 0 Å². The van der Waals surface area contributed by atoms with Crippen LogP contribution in [-0.2, 0) is 4.74 Å². The predicted molar refractivity (Wildman–Crippen MR) is 45.4 cm³/mol. The first-order valence-corrected chi connectivity index (χ1v) is 4.56. The third-order valence-corrected chi connectivity index (χ3v) is 3.03. The summed E-state index contributed by atoms with van der Waals surface area (Å²) in [6.45, 7) is 5.49. The summed E-state index contributed by atoms with van der Waals surface area (Å²) in [4.78, 5) is 0. The fourth-order valence-corrected chi connectivity index (χ4v) is 2.21. The molecule has 0 bridgehead atoms. The molecule has 3 unspecified atom stereocenters. The SMILES string of the molecule is CC1=CC2OCC(C)C2CC1. The molecule has 0 radical (unpaired) electrons. The van der Waals surface area contributed by atoms with Gasteiger partial charge in [0.05, 0.1) is 12.7 Å². The van der Waals surface area contributed by atoms with Gasteiger partial charge in [-0.25, -0.2) is 0 Å².